The van der Waals surface area contributed by atoms with E-state index >= 15 is 0 Å². The van der Waals surface area contributed by atoms with E-state index in [4.69, 9.17) is 18.9 Å². The molecule has 194 valence electrons. The Morgan fingerprint density at radius 1 is 1.00 bits per heavy atom. The predicted octanol–water partition coefficient (Wildman–Crippen LogP) is 5.93. The van der Waals surface area contributed by atoms with Gasteiger partial charge in [-0.3, -0.25) is 19.3 Å². The molecule has 11 heteroatoms. The van der Waals surface area contributed by atoms with Gasteiger partial charge in [0, 0.05) is 28.8 Å². The van der Waals surface area contributed by atoms with Gasteiger partial charge in [0.1, 0.15) is 0 Å². The molecule has 2 aromatic carbocycles. The van der Waals surface area contributed by atoms with E-state index in [1.165, 1.54) is 58.0 Å². The SMILES string of the molecule is CC.COc1ccc(-c2nc3sccn3c2/C=C/C(=O)c2cc(OC)c(OC)c(OC)c2)cc1[N+](=O)[O-]. The second-order valence-corrected chi connectivity index (χ2v) is 8.03. The molecule has 0 aliphatic heterocycles. The molecule has 2 heterocycles. The molecule has 0 radical (unpaired) electrons. The third-order valence-corrected chi connectivity index (χ3v) is 6.05. The summed E-state index contributed by atoms with van der Waals surface area (Å²) in [5.41, 5.74) is 1.78. The molecule has 0 saturated heterocycles. The van der Waals surface area contributed by atoms with Crippen LogP contribution >= 0.6 is 11.3 Å². The predicted molar refractivity (Wildman–Crippen MR) is 143 cm³/mol. The van der Waals surface area contributed by atoms with Crippen molar-refractivity contribution in [2.45, 2.75) is 13.8 Å². The van der Waals surface area contributed by atoms with Crippen molar-refractivity contribution in [2.75, 3.05) is 28.4 Å². The van der Waals surface area contributed by atoms with E-state index in [1.807, 2.05) is 29.8 Å². The van der Waals surface area contributed by atoms with E-state index in [2.05, 4.69) is 4.98 Å². The third-order valence-electron chi connectivity index (χ3n) is 5.29. The maximum absolute atomic E-state index is 13.1. The lowest BCUT2D eigenvalue weighted by atomic mass is 10.1. The van der Waals surface area contributed by atoms with Crippen molar-refractivity contribution in [3.05, 3.63) is 69.4 Å². The van der Waals surface area contributed by atoms with Gasteiger partial charge in [-0.1, -0.05) is 13.8 Å². The Balaban J connectivity index is 0.00000186. The smallest absolute Gasteiger partial charge is 0.311 e. The second-order valence-electron chi connectivity index (χ2n) is 7.16. The van der Waals surface area contributed by atoms with Crippen molar-refractivity contribution >= 4 is 33.8 Å². The van der Waals surface area contributed by atoms with Crippen LogP contribution < -0.4 is 18.9 Å². The summed E-state index contributed by atoms with van der Waals surface area (Å²) in [4.78, 5) is 29.4. The van der Waals surface area contributed by atoms with Crippen LogP contribution in [0.1, 0.15) is 29.9 Å². The summed E-state index contributed by atoms with van der Waals surface area (Å²) in [5, 5.41) is 13.4. The molecule has 4 aromatic rings. The molecule has 37 heavy (non-hydrogen) atoms. The summed E-state index contributed by atoms with van der Waals surface area (Å²) in [6.07, 6.45) is 4.85. The van der Waals surface area contributed by atoms with Gasteiger partial charge in [0.15, 0.2) is 28.0 Å². The van der Waals surface area contributed by atoms with Crippen LogP contribution in [0.4, 0.5) is 5.69 Å². The molecule has 0 atom stereocenters. The summed E-state index contributed by atoms with van der Waals surface area (Å²) in [7, 11) is 5.80. The van der Waals surface area contributed by atoms with E-state index in [-0.39, 0.29) is 17.2 Å². The number of nitro benzene ring substituents is 1. The van der Waals surface area contributed by atoms with Gasteiger partial charge in [0.05, 0.1) is 44.8 Å². The van der Waals surface area contributed by atoms with Gasteiger partial charge >= 0.3 is 5.69 Å². The van der Waals surface area contributed by atoms with Crippen LogP contribution in [0, 0.1) is 10.1 Å². The molecule has 0 aliphatic rings. The van der Waals surface area contributed by atoms with Crippen molar-refractivity contribution < 1.29 is 28.7 Å². The van der Waals surface area contributed by atoms with E-state index in [9.17, 15) is 14.9 Å². The summed E-state index contributed by atoms with van der Waals surface area (Å²) in [5.74, 6) is 0.948. The van der Waals surface area contributed by atoms with E-state index in [0.29, 0.717) is 44.7 Å². The number of aromatic nitrogens is 2. The van der Waals surface area contributed by atoms with Crippen LogP contribution in [-0.2, 0) is 0 Å². The number of nitro groups is 1. The van der Waals surface area contributed by atoms with Crippen LogP contribution in [0.3, 0.4) is 0 Å². The molecule has 10 nitrogen and oxygen atoms in total. The molecule has 2 aromatic heterocycles. The lowest BCUT2D eigenvalue weighted by molar-refractivity contribution is -0.385. The highest BCUT2D eigenvalue weighted by molar-refractivity contribution is 7.15. The number of allylic oxidation sites excluding steroid dienone is 1. The minimum absolute atomic E-state index is 0.148. The molecule has 0 unspecified atom stereocenters. The maximum atomic E-state index is 13.1. The summed E-state index contributed by atoms with van der Waals surface area (Å²) in [6.45, 7) is 4.00. The van der Waals surface area contributed by atoms with Gasteiger partial charge in [-0.05, 0) is 36.4 Å². The number of nitrogens with zero attached hydrogens (tertiary/aromatic N) is 3. The van der Waals surface area contributed by atoms with Gasteiger partial charge in [-0.2, -0.15) is 0 Å². The zero-order chi connectivity index (χ0) is 27.1. The number of thiazole rings is 1. The first-order valence-corrected chi connectivity index (χ1v) is 12.1. The highest BCUT2D eigenvalue weighted by atomic mass is 32.1. The quantitative estimate of drug-likeness (QED) is 0.114. The van der Waals surface area contributed by atoms with Gasteiger partial charge in [-0.15, -0.1) is 11.3 Å². The minimum Gasteiger partial charge on any atom is -0.493 e. The first kappa shape index (κ1) is 27.2. The number of carbonyl (C=O) groups excluding carboxylic acids is 1. The van der Waals surface area contributed by atoms with Gasteiger partial charge in [-0.25, -0.2) is 4.98 Å². The topological polar surface area (TPSA) is 114 Å². The molecule has 0 N–H and O–H groups in total. The zero-order valence-electron chi connectivity index (χ0n) is 21.3. The molecule has 0 amide bonds. The number of ketones is 1. The van der Waals surface area contributed by atoms with Crippen molar-refractivity contribution in [3.63, 3.8) is 0 Å². The number of methoxy groups -OCH3 is 4. The highest BCUT2D eigenvalue weighted by Crippen LogP contribution is 2.39. The largest absolute Gasteiger partial charge is 0.493 e. The zero-order valence-corrected chi connectivity index (χ0v) is 22.1. The Morgan fingerprint density at radius 3 is 2.22 bits per heavy atom. The standard InChI is InChI=1S/C24H21N3O7S.C2H6/c1-31-19-8-5-14(11-17(19)27(29)30)22-16(26-9-10-35-24(26)25-22)6-7-18(28)15-12-20(32-2)23(34-4)21(13-15)33-3;1-2/h5-13H,1-4H3;1-2H3/b7-6+;. The van der Waals surface area contributed by atoms with Crippen molar-refractivity contribution in [2.24, 2.45) is 0 Å². The Hall–Kier alpha value is -4.38. The lowest BCUT2D eigenvalue weighted by Crippen LogP contribution is -2.00. The molecule has 4 rings (SSSR count). The normalized spacial score (nSPS) is 10.6. The summed E-state index contributed by atoms with van der Waals surface area (Å²) < 4.78 is 22.9. The van der Waals surface area contributed by atoms with Gasteiger partial charge < -0.3 is 18.9 Å². The Labute approximate surface area is 217 Å². The third kappa shape index (κ3) is 5.41. The Bertz CT molecular complexity index is 1430. The van der Waals surface area contributed by atoms with Crippen LogP contribution in [0.15, 0.2) is 48.0 Å². The number of rotatable bonds is 9. The average Bonchev–Trinajstić information content (AvgIpc) is 3.53. The number of fused-ring (bicyclic) bond motifs is 1. The van der Waals surface area contributed by atoms with Crippen molar-refractivity contribution in [1.82, 2.24) is 9.38 Å². The minimum atomic E-state index is -0.510. The number of hydrogen-bond donors (Lipinski definition) is 0. The molecular formula is C26H27N3O7S. The summed E-state index contributed by atoms with van der Waals surface area (Å²) in [6, 6.07) is 7.76. The Kier molecular flexibility index (Phi) is 8.86. The van der Waals surface area contributed by atoms with Crippen molar-refractivity contribution in [1.29, 1.82) is 0 Å². The van der Waals surface area contributed by atoms with Crippen LogP contribution in [0.25, 0.3) is 22.3 Å². The van der Waals surface area contributed by atoms with E-state index in [1.54, 1.807) is 24.3 Å². The number of ether oxygens (including phenoxy) is 4. The summed E-state index contributed by atoms with van der Waals surface area (Å²) >= 11 is 1.41. The van der Waals surface area contributed by atoms with Crippen LogP contribution in [0.5, 0.6) is 23.0 Å². The first-order valence-electron chi connectivity index (χ1n) is 11.2. The van der Waals surface area contributed by atoms with Gasteiger partial charge in [0.2, 0.25) is 5.75 Å². The number of carbonyl (C=O) groups is 1. The molecule has 0 fully saturated rings. The molecule has 0 spiro atoms. The highest BCUT2D eigenvalue weighted by Gasteiger charge is 2.21. The fraction of sp³-hybridized carbons (Fsp3) is 0.231. The molecule has 0 saturated carbocycles. The number of benzene rings is 2. The maximum Gasteiger partial charge on any atom is 0.311 e. The molecule has 0 aliphatic carbocycles. The second kappa shape index (κ2) is 12.0. The Morgan fingerprint density at radius 2 is 1.65 bits per heavy atom. The monoisotopic (exact) mass is 525 g/mol. The van der Waals surface area contributed by atoms with Crippen molar-refractivity contribution in [3.8, 4) is 34.3 Å². The fourth-order valence-electron chi connectivity index (χ4n) is 3.63. The number of hydrogen-bond acceptors (Lipinski definition) is 9. The first-order chi connectivity index (χ1) is 17.9. The molecule has 0 bridgehead atoms. The van der Waals surface area contributed by atoms with Gasteiger partial charge in [0.25, 0.3) is 0 Å². The number of imidazole rings is 1. The fourth-order valence-corrected chi connectivity index (χ4v) is 4.35. The van der Waals surface area contributed by atoms with E-state index < -0.39 is 4.92 Å². The van der Waals surface area contributed by atoms with E-state index in [0.717, 1.165) is 0 Å². The average molecular weight is 526 g/mol. The molecular weight excluding hydrogens is 498 g/mol. The van der Waals surface area contributed by atoms with Crippen LogP contribution in [-0.4, -0.2) is 48.5 Å². The van der Waals surface area contributed by atoms with Crippen LogP contribution in [0.2, 0.25) is 0 Å². The lowest BCUT2D eigenvalue weighted by Gasteiger charge is -2.13.